The predicted molar refractivity (Wildman–Crippen MR) is 101 cm³/mol. The van der Waals surface area contributed by atoms with Crippen LogP contribution in [0.15, 0.2) is 29.1 Å². The number of nitrogens with zero attached hydrogens (tertiary/aromatic N) is 1. The molecule has 5 heteroatoms. The molecule has 126 valence electrons. The monoisotopic (exact) mass is 341 g/mol. The summed E-state index contributed by atoms with van der Waals surface area (Å²) < 4.78 is 0. The van der Waals surface area contributed by atoms with Crippen LogP contribution in [0.3, 0.4) is 0 Å². The molecule has 2 aromatic heterocycles. The number of benzene rings is 1. The summed E-state index contributed by atoms with van der Waals surface area (Å²) in [5, 5.41) is 4.26. The van der Waals surface area contributed by atoms with E-state index in [4.69, 9.17) is 0 Å². The Morgan fingerprint density at radius 2 is 1.83 bits per heavy atom. The minimum atomic E-state index is -0.0472. The third-order valence-electron chi connectivity index (χ3n) is 4.62. The number of fused-ring (bicyclic) bond motifs is 1. The number of aromatic nitrogens is 2. The van der Waals surface area contributed by atoms with E-state index in [9.17, 15) is 4.79 Å². The van der Waals surface area contributed by atoms with E-state index in [2.05, 4.69) is 47.3 Å². The second-order valence-electron chi connectivity index (χ2n) is 6.38. The molecule has 0 spiro atoms. The van der Waals surface area contributed by atoms with Crippen molar-refractivity contribution < 1.29 is 0 Å². The van der Waals surface area contributed by atoms with Crippen LogP contribution in [0, 0.1) is 20.8 Å². The molecule has 0 saturated carbocycles. The molecule has 1 aromatic carbocycles. The maximum Gasteiger partial charge on any atom is 0.259 e. The first-order valence-electron chi connectivity index (χ1n) is 8.20. The Bertz CT molecular complexity index is 941. The van der Waals surface area contributed by atoms with Crippen molar-refractivity contribution in [3.05, 3.63) is 62.0 Å². The lowest BCUT2D eigenvalue weighted by Crippen LogP contribution is -2.26. The fourth-order valence-corrected chi connectivity index (χ4v) is 4.13. The van der Waals surface area contributed by atoms with Crippen molar-refractivity contribution in [3.63, 3.8) is 0 Å². The molecule has 0 aliphatic rings. The lowest BCUT2D eigenvalue weighted by Gasteiger charge is -2.21. The van der Waals surface area contributed by atoms with Crippen LogP contribution < -0.4 is 10.9 Å². The largest absolute Gasteiger partial charge is 0.309 e. The first-order valence-corrected chi connectivity index (χ1v) is 9.01. The second kappa shape index (κ2) is 6.49. The summed E-state index contributed by atoms with van der Waals surface area (Å²) in [6.45, 7) is 10.3. The van der Waals surface area contributed by atoms with E-state index in [1.54, 1.807) is 11.3 Å². The van der Waals surface area contributed by atoms with Gasteiger partial charge in [-0.2, -0.15) is 0 Å². The van der Waals surface area contributed by atoms with Crippen LogP contribution in [0.25, 0.3) is 10.2 Å². The second-order valence-corrected chi connectivity index (χ2v) is 7.58. The van der Waals surface area contributed by atoms with Gasteiger partial charge < -0.3 is 10.3 Å². The molecule has 2 atom stereocenters. The number of aryl methyl sites for hydroxylation is 3. The molecule has 2 heterocycles. The first kappa shape index (κ1) is 16.9. The van der Waals surface area contributed by atoms with Crippen LogP contribution in [0.1, 0.15) is 53.3 Å². The normalized spacial score (nSPS) is 14.0. The molecule has 0 aliphatic carbocycles. The third kappa shape index (κ3) is 3.01. The van der Waals surface area contributed by atoms with Gasteiger partial charge in [0.15, 0.2) is 0 Å². The maximum atomic E-state index is 12.4. The summed E-state index contributed by atoms with van der Waals surface area (Å²) in [5.74, 6) is 0.689. The fourth-order valence-electron chi connectivity index (χ4n) is 3.09. The van der Waals surface area contributed by atoms with Gasteiger partial charge >= 0.3 is 0 Å². The molecule has 3 aromatic rings. The smallest absolute Gasteiger partial charge is 0.259 e. The highest BCUT2D eigenvalue weighted by atomic mass is 32.1. The van der Waals surface area contributed by atoms with Crippen LogP contribution in [-0.4, -0.2) is 9.97 Å². The molecule has 0 fully saturated rings. The van der Waals surface area contributed by atoms with Crippen molar-refractivity contribution >= 4 is 21.6 Å². The lowest BCUT2D eigenvalue weighted by atomic mass is 10.0. The average molecular weight is 341 g/mol. The Morgan fingerprint density at radius 1 is 1.12 bits per heavy atom. The Hall–Kier alpha value is -1.98. The van der Waals surface area contributed by atoms with E-state index < -0.39 is 0 Å². The SMILES string of the molecule is Cc1ccccc1[C@H](C)N[C@H](C)c1nc2sc(C)c(C)c2c(=O)[nH]1. The Labute approximate surface area is 146 Å². The van der Waals surface area contributed by atoms with E-state index in [0.29, 0.717) is 5.82 Å². The fraction of sp³-hybridized carbons (Fsp3) is 0.368. The van der Waals surface area contributed by atoms with E-state index in [1.807, 2.05) is 26.8 Å². The standard InChI is InChI=1S/C19H23N3OS/c1-10-8-6-7-9-15(10)12(3)20-13(4)17-21-18(23)16-11(2)14(5)24-19(16)22-17/h6-9,12-13,20H,1-5H3,(H,21,22,23)/t12-,13+/m0/s1. The number of nitrogens with one attached hydrogen (secondary N) is 2. The number of thiophene rings is 1. The third-order valence-corrected chi connectivity index (χ3v) is 5.72. The minimum Gasteiger partial charge on any atom is -0.309 e. The van der Waals surface area contributed by atoms with E-state index in [-0.39, 0.29) is 17.6 Å². The van der Waals surface area contributed by atoms with Crippen molar-refractivity contribution in [2.45, 2.75) is 46.7 Å². The van der Waals surface area contributed by atoms with Crippen LogP contribution in [0.4, 0.5) is 0 Å². The van der Waals surface area contributed by atoms with Gasteiger partial charge in [0, 0.05) is 10.9 Å². The van der Waals surface area contributed by atoms with Crippen molar-refractivity contribution in [3.8, 4) is 0 Å². The van der Waals surface area contributed by atoms with Crippen molar-refractivity contribution in [2.24, 2.45) is 0 Å². The van der Waals surface area contributed by atoms with Gasteiger partial charge in [-0.15, -0.1) is 11.3 Å². The highest BCUT2D eigenvalue weighted by Crippen LogP contribution is 2.27. The van der Waals surface area contributed by atoms with Gasteiger partial charge in [0.1, 0.15) is 10.7 Å². The van der Waals surface area contributed by atoms with Crippen molar-refractivity contribution in [1.29, 1.82) is 0 Å². The summed E-state index contributed by atoms with van der Waals surface area (Å²) in [6, 6.07) is 8.47. The first-order chi connectivity index (χ1) is 11.4. The number of hydrogen-bond acceptors (Lipinski definition) is 4. The molecule has 0 unspecified atom stereocenters. The van der Waals surface area contributed by atoms with Gasteiger partial charge in [-0.1, -0.05) is 24.3 Å². The highest BCUT2D eigenvalue weighted by molar-refractivity contribution is 7.18. The number of aromatic amines is 1. The van der Waals surface area contributed by atoms with Gasteiger partial charge in [0.05, 0.1) is 11.4 Å². The topological polar surface area (TPSA) is 57.8 Å². The molecule has 0 aliphatic heterocycles. The quantitative estimate of drug-likeness (QED) is 0.743. The van der Waals surface area contributed by atoms with Gasteiger partial charge in [0.2, 0.25) is 0 Å². The summed E-state index contributed by atoms with van der Waals surface area (Å²) >= 11 is 1.58. The Balaban J connectivity index is 1.90. The zero-order valence-electron chi connectivity index (χ0n) is 14.7. The predicted octanol–water partition coefficient (Wildman–Crippen LogP) is 4.32. The van der Waals surface area contributed by atoms with E-state index in [1.165, 1.54) is 11.1 Å². The molecule has 4 nitrogen and oxygen atoms in total. The molecule has 2 N–H and O–H groups in total. The van der Waals surface area contributed by atoms with Crippen LogP contribution in [0.2, 0.25) is 0 Å². The molecular weight excluding hydrogens is 318 g/mol. The Kier molecular flexibility index (Phi) is 4.56. The summed E-state index contributed by atoms with van der Waals surface area (Å²) in [5.41, 5.74) is 3.50. The summed E-state index contributed by atoms with van der Waals surface area (Å²) in [7, 11) is 0. The minimum absolute atomic E-state index is 0.0422. The number of hydrogen-bond donors (Lipinski definition) is 2. The Morgan fingerprint density at radius 3 is 2.54 bits per heavy atom. The number of rotatable bonds is 4. The molecule has 3 rings (SSSR count). The molecular formula is C19H23N3OS. The molecule has 0 radical (unpaired) electrons. The maximum absolute atomic E-state index is 12.4. The van der Waals surface area contributed by atoms with E-state index >= 15 is 0 Å². The van der Waals surface area contributed by atoms with Crippen LogP contribution >= 0.6 is 11.3 Å². The average Bonchev–Trinajstić information content (AvgIpc) is 2.82. The zero-order chi connectivity index (χ0) is 17.4. The van der Waals surface area contributed by atoms with Gasteiger partial charge in [-0.3, -0.25) is 4.79 Å². The highest BCUT2D eigenvalue weighted by Gasteiger charge is 2.17. The van der Waals surface area contributed by atoms with Crippen molar-refractivity contribution in [1.82, 2.24) is 15.3 Å². The molecule has 0 saturated heterocycles. The van der Waals surface area contributed by atoms with Crippen LogP contribution in [0.5, 0.6) is 0 Å². The molecule has 24 heavy (non-hydrogen) atoms. The molecule has 0 bridgehead atoms. The number of H-pyrrole nitrogens is 1. The van der Waals surface area contributed by atoms with E-state index in [0.717, 1.165) is 20.7 Å². The molecule has 0 amide bonds. The van der Waals surface area contributed by atoms with Crippen LogP contribution in [-0.2, 0) is 0 Å². The van der Waals surface area contributed by atoms with Gasteiger partial charge in [-0.25, -0.2) is 4.98 Å². The summed E-state index contributed by atoms with van der Waals surface area (Å²) in [6.07, 6.45) is 0. The van der Waals surface area contributed by atoms with Crippen molar-refractivity contribution in [2.75, 3.05) is 0 Å². The lowest BCUT2D eigenvalue weighted by molar-refractivity contribution is 0.475. The van der Waals surface area contributed by atoms with Gasteiger partial charge in [0.25, 0.3) is 5.56 Å². The zero-order valence-corrected chi connectivity index (χ0v) is 15.5. The van der Waals surface area contributed by atoms with Gasteiger partial charge in [-0.05, 0) is 51.3 Å². The summed E-state index contributed by atoms with van der Waals surface area (Å²) in [4.78, 5) is 22.0.